The number of anilines is 2. The van der Waals surface area contributed by atoms with E-state index in [4.69, 9.17) is 9.72 Å². The molecule has 2 aromatic carbocycles. The molecule has 0 aliphatic rings. The van der Waals surface area contributed by atoms with Gasteiger partial charge < -0.3 is 10.1 Å². The maximum absolute atomic E-state index is 6.05. The van der Waals surface area contributed by atoms with Gasteiger partial charge in [-0.1, -0.05) is 74.9 Å². The average Bonchev–Trinajstić information content (AvgIpc) is 3.18. The highest BCUT2D eigenvalue weighted by atomic mass is 32.1. The van der Waals surface area contributed by atoms with Gasteiger partial charge in [0.25, 0.3) is 0 Å². The molecular weight excluding hydrogens is 376 g/mol. The van der Waals surface area contributed by atoms with Crippen LogP contribution in [-0.2, 0) is 0 Å². The SMILES string of the molecule is CCCCCCCCOc1cc(Nc2nc(-c3ccc(C)cc3)cs2)ccc1C. The fraction of sp³-hybridized carbons (Fsp3) is 0.400. The Labute approximate surface area is 179 Å². The Morgan fingerprint density at radius 1 is 0.931 bits per heavy atom. The number of hydrogen-bond acceptors (Lipinski definition) is 4. The van der Waals surface area contributed by atoms with Gasteiger partial charge in [0.1, 0.15) is 5.75 Å². The van der Waals surface area contributed by atoms with Gasteiger partial charge in [0.2, 0.25) is 0 Å². The van der Waals surface area contributed by atoms with Gasteiger partial charge in [0.15, 0.2) is 5.13 Å². The Morgan fingerprint density at radius 2 is 1.69 bits per heavy atom. The van der Waals surface area contributed by atoms with E-state index in [1.165, 1.54) is 43.2 Å². The molecular formula is C25H32N2OS. The van der Waals surface area contributed by atoms with Gasteiger partial charge in [-0.05, 0) is 31.9 Å². The fourth-order valence-corrected chi connectivity index (χ4v) is 3.95. The van der Waals surface area contributed by atoms with Crippen molar-refractivity contribution in [3.05, 3.63) is 59.0 Å². The van der Waals surface area contributed by atoms with Crippen molar-refractivity contribution in [3.8, 4) is 17.0 Å². The van der Waals surface area contributed by atoms with E-state index in [1.807, 2.05) is 0 Å². The standard InChI is InChI=1S/C25H32N2OS/c1-4-5-6-7-8-9-16-28-24-17-22(15-12-20(24)3)26-25-27-23(18-29-25)21-13-10-19(2)11-14-21/h10-15,17-18H,4-9,16H2,1-3H3,(H,26,27). The summed E-state index contributed by atoms with van der Waals surface area (Å²) in [5, 5.41) is 6.41. The number of nitrogens with one attached hydrogen (secondary N) is 1. The van der Waals surface area contributed by atoms with Crippen LogP contribution in [0.5, 0.6) is 5.75 Å². The van der Waals surface area contributed by atoms with Gasteiger partial charge in [0, 0.05) is 22.7 Å². The number of ether oxygens (including phenoxy) is 1. The first-order valence-electron chi connectivity index (χ1n) is 10.7. The van der Waals surface area contributed by atoms with Crippen LogP contribution in [0.1, 0.15) is 56.6 Å². The summed E-state index contributed by atoms with van der Waals surface area (Å²) >= 11 is 1.62. The van der Waals surface area contributed by atoms with Crippen LogP contribution < -0.4 is 10.1 Å². The number of unbranched alkanes of at least 4 members (excludes halogenated alkanes) is 5. The van der Waals surface area contributed by atoms with Crippen LogP contribution in [0.25, 0.3) is 11.3 Å². The Bertz CT molecular complexity index is 886. The highest BCUT2D eigenvalue weighted by Gasteiger charge is 2.07. The summed E-state index contributed by atoms with van der Waals surface area (Å²) in [6.45, 7) is 7.23. The zero-order valence-electron chi connectivity index (χ0n) is 17.8. The molecule has 1 N–H and O–H groups in total. The predicted octanol–water partition coefficient (Wildman–Crippen LogP) is 7.91. The summed E-state index contributed by atoms with van der Waals surface area (Å²) in [6.07, 6.45) is 7.65. The molecule has 0 fully saturated rings. The van der Waals surface area contributed by atoms with E-state index in [0.717, 1.165) is 40.9 Å². The van der Waals surface area contributed by atoms with Crippen molar-refractivity contribution >= 4 is 22.2 Å². The lowest BCUT2D eigenvalue weighted by Crippen LogP contribution is -2.00. The molecule has 0 spiro atoms. The van der Waals surface area contributed by atoms with Crippen LogP contribution in [0.4, 0.5) is 10.8 Å². The van der Waals surface area contributed by atoms with Gasteiger partial charge in [0.05, 0.1) is 12.3 Å². The monoisotopic (exact) mass is 408 g/mol. The normalized spacial score (nSPS) is 10.9. The van der Waals surface area contributed by atoms with E-state index in [9.17, 15) is 0 Å². The van der Waals surface area contributed by atoms with Crippen LogP contribution in [0, 0.1) is 13.8 Å². The Morgan fingerprint density at radius 3 is 2.48 bits per heavy atom. The molecule has 0 unspecified atom stereocenters. The molecule has 0 bridgehead atoms. The molecule has 0 radical (unpaired) electrons. The molecule has 0 amide bonds. The summed E-state index contributed by atoms with van der Waals surface area (Å²) in [5.74, 6) is 0.957. The molecule has 1 heterocycles. The van der Waals surface area contributed by atoms with E-state index in [-0.39, 0.29) is 0 Å². The van der Waals surface area contributed by atoms with E-state index < -0.39 is 0 Å². The van der Waals surface area contributed by atoms with E-state index in [2.05, 4.69) is 73.9 Å². The van der Waals surface area contributed by atoms with Gasteiger partial charge in [-0.15, -0.1) is 11.3 Å². The zero-order valence-corrected chi connectivity index (χ0v) is 18.6. The lowest BCUT2D eigenvalue weighted by molar-refractivity contribution is 0.302. The van der Waals surface area contributed by atoms with Crippen molar-refractivity contribution in [3.63, 3.8) is 0 Å². The minimum absolute atomic E-state index is 0.783. The maximum atomic E-state index is 6.05. The van der Waals surface area contributed by atoms with E-state index in [0.29, 0.717) is 0 Å². The second-order valence-electron chi connectivity index (χ2n) is 7.63. The lowest BCUT2D eigenvalue weighted by atomic mass is 10.1. The average molecular weight is 409 g/mol. The Balaban J connectivity index is 1.55. The van der Waals surface area contributed by atoms with Crippen molar-refractivity contribution < 1.29 is 4.74 Å². The molecule has 3 nitrogen and oxygen atoms in total. The number of rotatable bonds is 11. The zero-order chi connectivity index (χ0) is 20.5. The van der Waals surface area contributed by atoms with E-state index in [1.54, 1.807) is 11.3 Å². The summed E-state index contributed by atoms with van der Waals surface area (Å²) in [4.78, 5) is 4.74. The predicted molar refractivity (Wildman–Crippen MR) is 126 cm³/mol. The molecule has 0 aliphatic carbocycles. The van der Waals surface area contributed by atoms with Crippen LogP contribution in [0.2, 0.25) is 0 Å². The molecule has 0 saturated carbocycles. The molecule has 0 atom stereocenters. The van der Waals surface area contributed by atoms with Crippen LogP contribution in [0.15, 0.2) is 47.8 Å². The summed E-state index contributed by atoms with van der Waals surface area (Å²) in [7, 11) is 0. The number of hydrogen-bond donors (Lipinski definition) is 1. The van der Waals surface area contributed by atoms with Gasteiger partial charge >= 0.3 is 0 Å². The molecule has 3 rings (SSSR count). The van der Waals surface area contributed by atoms with Crippen molar-refractivity contribution in [1.82, 2.24) is 4.98 Å². The molecule has 4 heteroatoms. The van der Waals surface area contributed by atoms with Crippen molar-refractivity contribution in [2.75, 3.05) is 11.9 Å². The molecule has 154 valence electrons. The molecule has 3 aromatic rings. The number of thiazole rings is 1. The van der Waals surface area contributed by atoms with Crippen LogP contribution in [0.3, 0.4) is 0 Å². The minimum atomic E-state index is 0.783. The Kier molecular flexibility index (Phi) is 8.12. The first-order valence-corrected chi connectivity index (χ1v) is 11.6. The number of aromatic nitrogens is 1. The van der Waals surface area contributed by atoms with Gasteiger partial charge in [-0.2, -0.15) is 0 Å². The van der Waals surface area contributed by atoms with Crippen LogP contribution in [-0.4, -0.2) is 11.6 Å². The first-order chi connectivity index (χ1) is 14.2. The number of benzene rings is 2. The first kappa shape index (κ1) is 21.4. The summed E-state index contributed by atoms with van der Waals surface area (Å²) in [6, 6.07) is 14.7. The van der Waals surface area contributed by atoms with Gasteiger partial charge in [-0.25, -0.2) is 4.98 Å². The number of nitrogens with zero attached hydrogens (tertiary/aromatic N) is 1. The van der Waals surface area contributed by atoms with Crippen molar-refractivity contribution in [1.29, 1.82) is 0 Å². The highest BCUT2D eigenvalue weighted by molar-refractivity contribution is 7.14. The third kappa shape index (κ3) is 6.60. The highest BCUT2D eigenvalue weighted by Crippen LogP contribution is 2.30. The van der Waals surface area contributed by atoms with E-state index >= 15 is 0 Å². The quantitative estimate of drug-likeness (QED) is 0.327. The third-order valence-corrected chi connectivity index (χ3v) is 5.80. The smallest absolute Gasteiger partial charge is 0.187 e. The topological polar surface area (TPSA) is 34.1 Å². The third-order valence-electron chi connectivity index (χ3n) is 5.05. The molecule has 0 aliphatic heterocycles. The minimum Gasteiger partial charge on any atom is -0.493 e. The Hall–Kier alpha value is -2.33. The maximum Gasteiger partial charge on any atom is 0.187 e. The summed E-state index contributed by atoms with van der Waals surface area (Å²) < 4.78 is 6.05. The fourth-order valence-electron chi connectivity index (χ4n) is 3.21. The second kappa shape index (κ2) is 11.0. The summed E-state index contributed by atoms with van der Waals surface area (Å²) in [5.41, 5.74) is 5.59. The number of aryl methyl sites for hydroxylation is 2. The van der Waals surface area contributed by atoms with Crippen LogP contribution >= 0.6 is 11.3 Å². The molecule has 29 heavy (non-hydrogen) atoms. The lowest BCUT2D eigenvalue weighted by Gasteiger charge is -2.11. The van der Waals surface area contributed by atoms with Crippen molar-refractivity contribution in [2.45, 2.75) is 59.3 Å². The molecule has 0 saturated heterocycles. The second-order valence-corrected chi connectivity index (χ2v) is 8.48. The molecule has 1 aromatic heterocycles. The van der Waals surface area contributed by atoms with Gasteiger partial charge in [-0.3, -0.25) is 0 Å². The van der Waals surface area contributed by atoms with Crippen molar-refractivity contribution in [2.24, 2.45) is 0 Å². The largest absolute Gasteiger partial charge is 0.493 e.